The molecule has 1 amide bonds. The zero-order chi connectivity index (χ0) is 9.97. The predicted molar refractivity (Wildman–Crippen MR) is 54.7 cm³/mol. The number of hydrogen-bond donors (Lipinski definition) is 2. The molecule has 0 bridgehead atoms. The highest BCUT2D eigenvalue weighted by atomic mass is 16.2. The van der Waals surface area contributed by atoms with Crippen molar-refractivity contribution in [3.8, 4) is 0 Å². The van der Waals surface area contributed by atoms with Gasteiger partial charge in [0.25, 0.3) is 0 Å². The molecule has 2 heterocycles. The van der Waals surface area contributed by atoms with Gasteiger partial charge >= 0.3 is 0 Å². The van der Waals surface area contributed by atoms with Gasteiger partial charge in [-0.25, -0.2) is 4.98 Å². The molecule has 2 rings (SSSR count). The van der Waals surface area contributed by atoms with Crippen LogP contribution < -0.4 is 10.6 Å². The maximum absolute atomic E-state index is 11.2. The third-order valence-electron chi connectivity index (χ3n) is 2.08. The van der Waals surface area contributed by atoms with E-state index in [4.69, 9.17) is 0 Å². The van der Waals surface area contributed by atoms with E-state index >= 15 is 0 Å². The van der Waals surface area contributed by atoms with Gasteiger partial charge in [0.2, 0.25) is 5.91 Å². The second-order valence-electron chi connectivity index (χ2n) is 3.13. The molecule has 0 fully saturated rings. The molecule has 4 nitrogen and oxygen atoms in total. The van der Waals surface area contributed by atoms with Crippen LogP contribution in [0.1, 0.15) is 11.1 Å². The zero-order valence-electron chi connectivity index (χ0n) is 7.71. The second-order valence-corrected chi connectivity index (χ2v) is 3.13. The SMILES string of the molecule is C=Cc1cnc2c(c1)CNCC(=O)N2. The molecule has 0 radical (unpaired) electrons. The van der Waals surface area contributed by atoms with Gasteiger partial charge in [0.15, 0.2) is 0 Å². The third-order valence-corrected chi connectivity index (χ3v) is 2.08. The molecule has 0 aromatic carbocycles. The van der Waals surface area contributed by atoms with Crippen LogP contribution in [0.5, 0.6) is 0 Å². The number of rotatable bonds is 1. The summed E-state index contributed by atoms with van der Waals surface area (Å²) in [5, 5.41) is 5.75. The summed E-state index contributed by atoms with van der Waals surface area (Å²) in [6, 6.07) is 1.97. The zero-order valence-corrected chi connectivity index (χ0v) is 7.71. The maximum atomic E-state index is 11.2. The van der Waals surface area contributed by atoms with Crippen LogP contribution in [0.2, 0.25) is 0 Å². The van der Waals surface area contributed by atoms with Crippen LogP contribution in [0.15, 0.2) is 18.8 Å². The van der Waals surface area contributed by atoms with Gasteiger partial charge in [-0.15, -0.1) is 0 Å². The first-order chi connectivity index (χ1) is 6.79. The number of carbonyl (C=O) groups excluding carboxylic acids is 1. The molecule has 14 heavy (non-hydrogen) atoms. The molecule has 0 unspecified atom stereocenters. The highest BCUT2D eigenvalue weighted by Crippen LogP contribution is 2.16. The van der Waals surface area contributed by atoms with Gasteiger partial charge in [0.1, 0.15) is 5.82 Å². The molecule has 0 aliphatic carbocycles. The van der Waals surface area contributed by atoms with E-state index in [0.29, 0.717) is 18.9 Å². The number of nitrogens with zero attached hydrogens (tertiary/aromatic N) is 1. The first-order valence-corrected chi connectivity index (χ1v) is 4.41. The van der Waals surface area contributed by atoms with Gasteiger partial charge in [-0.05, 0) is 11.6 Å². The molecule has 0 spiro atoms. The van der Waals surface area contributed by atoms with Crippen LogP contribution in [0, 0.1) is 0 Å². The minimum Gasteiger partial charge on any atom is -0.309 e. The van der Waals surface area contributed by atoms with Crippen molar-refractivity contribution in [3.05, 3.63) is 30.0 Å². The standard InChI is InChI=1S/C10H11N3O/c1-2-7-3-8-5-11-6-9(14)13-10(8)12-4-7/h2-4,11H,1,5-6H2,(H,12,13,14). The van der Waals surface area contributed by atoms with Crippen LogP contribution in [0.25, 0.3) is 6.08 Å². The van der Waals surface area contributed by atoms with Gasteiger partial charge in [-0.1, -0.05) is 12.7 Å². The number of nitrogens with one attached hydrogen (secondary N) is 2. The fourth-order valence-electron chi connectivity index (χ4n) is 1.37. The van der Waals surface area contributed by atoms with Gasteiger partial charge in [0.05, 0.1) is 6.54 Å². The number of hydrogen-bond acceptors (Lipinski definition) is 3. The number of amides is 1. The molecular weight excluding hydrogens is 178 g/mol. The molecule has 1 aliphatic rings. The van der Waals surface area contributed by atoms with E-state index in [2.05, 4.69) is 22.2 Å². The molecule has 4 heteroatoms. The Labute approximate surface area is 82.0 Å². The van der Waals surface area contributed by atoms with E-state index in [9.17, 15) is 4.79 Å². The monoisotopic (exact) mass is 189 g/mol. The Morgan fingerprint density at radius 2 is 2.36 bits per heavy atom. The molecule has 0 saturated heterocycles. The van der Waals surface area contributed by atoms with E-state index in [0.717, 1.165) is 11.1 Å². The Kier molecular flexibility index (Phi) is 2.28. The van der Waals surface area contributed by atoms with Crippen LogP contribution in [0.3, 0.4) is 0 Å². The largest absolute Gasteiger partial charge is 0.309 e. The minimum atomic E-state index is -0.0531. The smallest absolute Gasteiger partial charge is 0.239 e. The first-order valence-electron chi connectivity index (χ1n) is 4.41. The average molecular weight is 189 g/mol. The summed E-state index contributed by atoms with van der Waals surface area (Å²) in [6.07, 6.45) is 3.43. The van der Waals surface area contributed by atoms with Crippen molar-refractivity contribution in [2.45, 2.75) is 6.54 Å². The summed E-state index contributed by atoms with van der Waals surface area (Å²) in [4.78, 5) is 15.3. The van der Waals surface area contributed by atoms with Gasteiger partial charge < -0.3 is 10.6 Å². The number of fused-ring (bicyclic) bond motifs is 1. The van der Waals surface area contributed by atoms with Crippen molar-refractivity contribution in [1.29, 1.82) is 0 Å². The Morgan fingerprint density at radius 3 is 3.14 bits per heavy atom. The highest BCUT2D eigenvalue weighted by Gasteiger charge is 2.12. The Hall–Kier alpha value is -1.68. The van der Waals surface area contributed by atoms with Crippen molar-refractivity contribution < 1.29 is 4.79 Å². The van der Waals surface area contributed by atoms with Crippen molar-refractivity contribution in [1.82, 2.24) is 10.3 Å². The van der Waals surface area contributed by atoms with E-state index in [1.807, 2.05) is 6.07 Å². The maximum Gasteiger partial charge on any atom is 0.239 e. The molecule has 1 aromatic rings. The first kappa shape index (κ1) is 8.90. The van der Waals surface area contributed by atoms with Gasteiger partial charge in [-0.3, -0.25) is 4.79 Å². The number of aromatic nitrogens is 1. The summed E-state index contributed by atoms with van der Waals surface area (Å²) < 4.78 is 0. The summed E-state index contributed by atoms with van der Waals surface area (Å²) in [5.74, 6) is 0.591. The molecule has 1 aromatic heterocycles. The third kappa shape index (κ3) is 1.65. The lowest BCUT2D eigenvalue weighted by Gasteiger charge is -2.05. The molecular formula is C10H11N3O. The summed E-state index contributed by atoms with van der Waals surface area (Å²) in [5.41, 5.74) is 1.95. The molecule has 0 atom stereocenters. The lowest BCUT2D eigenvalue weighted by atomic mass is 10.2. The van der Waals surface area contributed by atoms with Crippen molar-refractivity contribution in [2.24, 2.45) is 0 Å². The Morgan fingerprint density at radius 1 is 1.50 bits per heavy atom. The fourth-order valence-corrected chi connectivity index (χ4v) is 1.37. The Bertz CT molecular complexity index is 387. The quantitative estimate of drug-likeness (QED) is 0.686. The fraction of sp³-hybridized carbons (Fsp3) is 0.200. The summed E-state index contributed by atoms with van der Waals surface area (Å²) in [6.45, 7) is 4.66. The molecule has 1 aliphatic heterocycles. The van der Waals surface area contributed by atoms with E-state index < -0.39 is 0 Å². The van der Waals surface area contributed by atoms with Crippen molar-refractivity contribution >= 4 is 17.8 Å². The molecule has 2 N–H and O–H groups in total. The van der Waals surface area contributed by atoms with Gasteiger partial charge in [0, 0.05) is 18.3 Å². The lowest BCUT2D eigenvalue weighted by Crippen LogP contribution is -2.23. The number of pyridine rings is 1. The van der Waals surface area contributed by atoms with E-state index in [1.54, 1.807) is 12.3 Å². The topological polar surface area (TPSA) is 54.0 Å². The predicted octanol–water partition coefficient (Wildman–Crippen LogP) is 0.766. The number of carbonyl (C=O) groups is 1. The van der Waals surface area contributed by atoms with Crippen LogP contribution >= 0.6 is 0 Å². The minimum absolute atomic E-state index is 0.0531. The Balaban J connectivity index is 2.40. The van der Waals surface area contributed by atoms with Gasteiger partial charge in [-0.2, -0.15) is 0 Å². The summed E-state index contributed by atoms with van der Waals surface area (Å²) in [7, 11) is 0. The average Bonchev–Trinajstić information content (AvgIpc) is 2.37. The normalized spacial score (nSPS) is 15.3. The van der Waals surface area contributed by atoms with Crippen LogP contribution in [-0.2, 0) is 11.3 Å². The van der Waals surface area contributed by atoms with E-state index in [1.165, 1.54) is 0 Å². The molecule has 0 saturated carbocycles. The summed E-state index contributed by atoms with van der Waals surface area (Å²) >= 11 is 0. The van der Waals surface area contributed by atoms with Crippen molar-refractivity contribution in [2.75, 3.05) is 11.9 Å². The van der Waals surface area contributed by atoms with E-state index in [-0.39, 0.29) is 5.91 Å². The number of anilines is 1. The highest BCUT2D eigenvalue weighted by molar-refractivity contribution is 5.92. The second kappa shape index (κ2) is 3.59. The lowest BCUT2D eigenvalue weighted by molar-refractivity contribution is -0.115. The molecule has 72 valence electrons. The van der Waals surface area contributed by atoms with Crippen molar-refractivity contribution in [3.63, 3.8) is 0 Å². The van der Waals surface area contributed by atoms with Crippen LogP contribution in [0.4, 0.5) is 5.82 Å². The van der Waals surface area contributed by atoms with Crippen LogP contribution in [-0.4, -0.2) is 17.4 Å².